The van der Waals surface area contributed by atoms with Crippen molar-refractivity contribution in [1.82, 2.24) is 5.32 Å². The van der Waals surface area contributed by atoms with E-state index < -0.39 is 5.91 Å². The number of benzene rings is 2. The van der Waals surface area contributed by atoms with E-state index in [0.717, 1.165) is 5.56 Å². The van der Waals surface area contributed by atoms with Crippen molar-refractivity contribution >= 4 is 27.9 Å². The number of aromatic hydroxyl groups is 1. The molecule has 5 nitrogen and oxygen atoms in total. The summed E-state index contributed by atoms with van der Waals surface area (Å²) in [6.07, 6.45) is 2.13. The lowest BCUT2D eigenvalue weighted by molar-refractivity contribution is -0.117. The van der Waals surface area contributed by atoms with E-state index in [4.69, 9.17) is 4.74 Å². The molecule has 0 heterocycles. The molecule has 0 saturated carbocycles. The fourth-order valence-electron chi connectivity index (χ4n) is 2.20. The van der Waals surface area contributed by atoms with Crippen molar-refractivity contribution in [3.8, 4) is 17.6 Å². The number of halogens is 1. The van der Waals surface area contributed by atoms with Gasteiger partial charge in [0, 0.05) is 11.0 Å². The van der Waals surface area contributed by atoms with Gasteiger partial charge in [0.05, 0.1) is 7.11 Å². The zero-order valence-corrected chi connectivity index (χ0v) is 15.2. The molecule has 25 heavy (non-hydrogen) atoms. The van der Waals surface area contributed by atoms with Crippen LogP contribution in [0.3, 0.4) is 0 Å². The molecule has 2 rings (SSSR count). The van der Waals surface area contributed by atoms with Gasteiger partial charge < -0.3 is 15.2 Å². The van der Waals surface area contributed by atoms with E-state index in [0.29, 0.717) is 23.0 Å². The Morgan fingerprint density at radius 3 is 2.72 bits per heavy atom. The minimum Gasteiger partial charge on any atom is -0.504 e. The van der Waals surface area contributed by atoms with Crippen molar-refractivity contribution in [2.45, 2.75) is 6.42 Å². The van der Waals surface area contributed by atoms with E-state index in [1.807, 2.05) is 36.4 Å². The topological polar surface area (TPSA) is 82.3 Å². The summed E-state index contributed by atoms with van der Waals surface area (Å²) >= 11 is 3.30. The van der Waals surface area contributed by atoms with E-state index in [1.54, 1.807) is 6.07 Å². The molecule has 2 aromatic carbocycles. The van der Waals surface area contributed by atoms with Gasteiger partial charge in [0.1, 0.15) is 11.6 Å². The first kappa shape index (κ1) is 18.6. The lowest BCUT2D eigenvalue weighted by atomic mass is 10.1. The summed E-state index contributed by atoms with van der Waals surface area (Å²) in [5.41, 5.74) is 1.64. The van der Waals surface area contributed by atoms with Crippen LogP contribution in [0.1, 0.15) is 11.1 Å². The average molecular weight is 401 g/mol. The Bertz CT molecular complexity index is 827. The second kappa shape index (κ2) is 8.90. The van der Waals surface area contributed by atoms with Crippen molar-refractivity contribution in [1.29, 1.82) is 5.26 Å². The SMILES string of the molecule is COc1cc(/C=C(/C#N)C(=O)NCCc2ccccc2)c(Br)cc1O. The number of hydrogen-bond donors (Lipinski definition) is 2. The second-order valence-corrected chi connectivity index (χ2v) is 6.06. The summed E-state index contributed by atoms with van der Waals surface area (Å²) in [5.74, 6) is -0.217. The number of nitrogens with zero attached hydrogens (tertiary/aromatic N) is 1. The van der Waals surface area contributed by atoms with Gasteiger partial charge in [0.25, 0.3) is 5.91 Å². The maximum Gasteiger partial charge on any atom is 0.261 e. The molecule has 0 saturated heterocycles. The van der Waals surface area contributed by atoms with Crippen molar-refractivity contribution in [2.75, 3.05) is 13.7 Å². The Balaban J connectivity index is 2.09. The molecule has 1 amide bonds. The van der Waals surface area contributed by atoms with Gasteiger partial charge in [0.2, 0.25) is 0 Å². The predicted octanol–water partition coefficient (Wildman–Crippen LogP) is 3.43. The molecule has 0 aromatic heterocycles. The standard InChI is InChI=1S/C19H17BrN2O3/c1-25-18-10-14(16(20)11-17(18)23)9-15(12-21)19(24)22-8-7-13-5-3-2-4-6-13/h2-6,9-11,23H,7-8H2,1H3,(H,22,24)/b15-9-. The van der Waals surface area contributed by atoms with E-state index in [9.17, 15) is 15.2 Å². The summed E-state index contributed by atoms with van der Waals surface area (Å²) in [5, 5.41) is 21.7. The first-order valence-corrected chi connectivity index (χ1v) is 8.35. The van der Waals surface area contributed by atoms with Crippen LogP contribution in [-0.2, 0) is 11.2 Å². The number of methoxy groups -OCH3 is 1. The zero-order chi connectivity index (χ0) is 18.2. The summed E-state index contributed by atoms with van der Waals surface area (Å²) in [6, 6.07) is 14.7. The number of carbonyl (C=O) groups is 1. The second-order valence-electron chi connectivity index (χ2n) is 5.21. The van der Waals surface area contributed by atoms with Gasteiger partial charge in [-0.05, 0) is 35.8 Å². The highest BCUT2D eigenvalue weighted by atomic mass is 79.9. The normalized spacial score (nSPS) is 10.8. The van der Waals surface area contributed by atoms with Gasteiger partial charge >= 0.3 is 0 Å². The third kappa shape index (κ3) is 5.10. The average Bonchev–Trinajstić information content (AvgIpc) is 2.62. The molecule has 2 N–H and O–H groups in total. The third-order valence-corrected chi connectivity index (χ3v) is 4.19. The Kier molecular flexibility index (Phi) is 6.61. The van der Waals surface area contributed by atoms with Gasteiger partial charge in [-0.25, -0.2) is 0 Å². The molecule has 0 aliphatic rings. The van der Waals surface area contributed by atoms with Crippen LogP contribution in [0.25, 0.3) is 6.08 Å². The summed E-state index contributed by atoms with van der Waals surface area (Å²) in [6.45, 7) is 0.432. The lowest BCUT2D eigenvalue weighted by Crippen LogP contribution is -2.26. The molecule has 0 atom stereocenters. The number of rotatable bonds is 6. The van der Waals surface area contributed by atoms with Crippen LogP contribution in [0.4, 0.5) is 0 Å². The van der Waals surface area contributed by atoms with Gasteiger partial charge in [-0.15, -0.1) is 0 Å². The number of nitrogens with one attached hydrogen (secondary N) is 1. The van der Waals surface area contributed by atoms with Crippen LogP contribution in [0.15, 0.2) is 52.5 Å². The van der Waals surface area contributed by atoms with Gasteiger partial charge in [-0.2, -0.15) is 5.26 Å². The zero-order valence-electron chi connectivity index (χ0n) is 13.6. The molecular formula is C19H17BrN2O3. The van der Waals surface area contributed by atoms with Crippen molar-refractivity contribution in [3.05, 3.63) is 63.6 Å². The first-order chi connectivity index (χ1) is 12.0. The first-order valence-electron chi connectivity index (χ1n) is 7.55. The highest BCUT2D eigenvalue weighted by Gasteiger charge is 2.12. The van der Waals surface area contributed by atoms with E-state index in [2.05, 4.69) is 21.2 Å². The summed E-state index contributed by atoms with van der Waals surface area (Å²) in [4.78, 5) is 12.2. The molecule has 0 unspecified atom stereocenters. The molecule has 128 valence electrons. The number of nitriles is 1. The van der Waals surface area contributed by atoms with Gasteiger partial charge in [0.15, 0.2) is 11.5 Å². The number of amides is 1. The minimum absolute atomic E-state index is 0.0264. The number of hydrogen-bond acceptors (Lipinski definition) is 4. The highest BCUT2D eigenvalue weighted by molar-refractivity contribution is 9.10. The van der Waals surface area contributed by atoms with E-state index in [-0.39, 0.29) is 17.1 Å². The van der Waals surface area contributed by atoms with Crippen molar-refractivity contribution in [3.63, 3.8) is 0 Å². The van der Waals surface area contributed by atoms with Crippen LogP contribution >= 0.6 is 15.9 Å². The molecular weight excluding hydrogens is 384 g/mol. The molecule has 0 bridgehead atoms. The van der Waals surface area contributed by atoms with Crippen LogP contribution in [0.5, 0.6) is 11.5 Å². The van der Waals surface area contributed by atoms with E-state index in [1.165, 1.54) is 19.3 Å². The minimum atomic E-state index is -0.447. The predicted molar refractivity (Wildman–Crippen MR) is 99.1 cm³/mol. The molecule has 0 spiro atoms. The number of phenols is 1. The van der Waals surface area contributed by atoms with Gasteiger partial charge in [-0.1, -0.05) is 46.3 Å². The van der Waals surface area contributed by atoms with Gasteiger partial charge in [-0.3, -0.25) is 4.79 Å². The summed E-state index contributed by atoms with van der Waals surface area (Å²) < 4.78 is 5.60. The quantitative estimate of drug-likeness (QED) is 0.574. The molecule has 0 fully saturated rings. The maximum atomic E-state index is 12.2. The largest absolute Gasteiger partial charge is 0.504 e. The monoisotopic (exact) mass is 400 g/mol. The molecule has 0 radical (unpaired) electrons. The Labute approximate surface area is 154 Å². The number of phenolic OH excluding ortho intramolecular Hbond substituents is 1. The Morgan fingerprint density at radius 1 is 1.36 bits per heavy atom. The third-order valence-electron chi connectivity index (χ3n) is 3.51. The fourth-order valence-corrected chi connectivity index (χ4v) is 2.64. The van der Waals surface area contributed by atoms with E-state index >= 15 is 0 Å². The van der Waals surface area contributed by atoms with Crippen LogP contribution < -0.4 is 10.1 Å². The lowest BCUT2D eigenvalue weighted by Gasteiger charge is -2.08. The van der Waals surface area contributed by atoms with Crippen molar-refractivity contribution < 1.29 is 14.6 Å². The number of carbonyl (C=O) groups excluding carboxylic acids is 1. The molecule has 0 aliphatic carbocycles. The molecule has 6 heteroatoms. The number of ether oxygens (including phenoxy) is 1. The van der Waals surface area contributed by atoms with Crippen LogP contribution in [0, 0.1) is 11.3 Å². The van der Waals surface area contributed by atoms with Crippen molar-refractivity contribution in [2.24, 2.45) is 0 Å². The Morgan fingerprint density at radius 2 is 2.08 bits per heavy atom. The molecule has 2 aromatic rings. The summed E-state index contributed by atoms with van der Waals surface area (Å²) in [7, 11) is 1.43. The van der Waals surface area contributed by atoms with Crippen LogP contribution in [-0.4, -0.2) is 24.7 Å². The smallest absolute Gasteiger partial charge is 0.261 e. The maximum absolute atomic E-state index is 12.2. The Hall–Kier alpha value is -2.78. The van der Waals surface area contributed by atoms with Crippen LogP contribution in [0.2, 0.25) is 0 Å². The molecule has 0 aliphatic heterocycles. The fraction of sp³-hybridized carbons (Fsp3) is 0.158. The highest BCUT2D eigenvalue weighted by Crippen LogP contribution is 2.33.